The maximum atomic E-state index is 4.11. The van der Waals surface area contributed by atoms with Gasteiger partial charge in [0, 0.05) is 5.70 Å². The van der Waals surface area contributed by atoms with Crippen LogP contribution in [0.15, 0.2) is 21.8 Å². The van der Waals surface area contributed by atoms with Gasteiger partial charge in [0.25, 0.3) is 0 Å². The van der Waals surface area contributed by atoms with E-state index in [-0.39, 0.29) is 0 Å². The van der Waals surface area contributed by atoms with Crippen LogP contribution < -0.4 is 0 Å². The second-order valence-electron chi connectivity index (χ2n) is 2.81. The van der Waals surface area contributed by atoms with E-state index in [1.807, 2.05) is 13.0 Å². The van der Waals surface area contributed by atoms with Crippen molar-refractivity contribution in [2.45, 2.75) is 27.2 Å². The molecular formula is C9H16N2. The van der Waals surface area contributed by atoms with Crippen LogP contribution in [0.1, 0.15) is 27.2 Å². The van der Waals surface area contributed by atoms with Crippen LogP contribution in [0.3, 0.4) is 0 Å². The Labute approximate surface area is 68.8 Å². The Kier molecular flexibility index (Phi) is 5.35. The van der Waals surface area contributed by atoms with Gasteiger partial charge in [-0.1, -0.05) is 19.9 Å². The molecule has 0 atom stereocenters. The van der Waals surface area contributed by atoms with E-state index in [4.69, 9.17) is 0 Å². The van der Waals surface area contributed by atoms with Gasteiger partial charge in [-0.3, -0.25) is 4.99 Å². The molecule has 11 heavy (non-hydrogen) atoms. The summed E-state index contributed by atoms with van der Waals surface area (Å²) in [5.41, 5.74) is 1.08. The molecule has 0 rings (SSSR count). The molecule has 0 aliphatic carbocycles. The number of aliphatic imine (C=N–C) groups is 2. The first-order valence-electron chi connectivity index (χ1n) is 3.84. The normalized spacial score (nSPS) is 12.9. The standard InChI is InChI=1S/C9H16N2/c1-5-9(6-8(2)3)11-7-10-4/h5,7-8H,4,6H2,1-3H3/b9-5-,11-7?. The van der Waals surface area contributed by atoms with Gasteiger partial charge in [0.05, 0.1) is 0 Å². The van der Waals surface area contributed by atoms with Gasteiger partial charge in [-0.2, -0.15) is 0 Å². The first kappa shape index (κ1) is 10.1. The Balaban J connectivity index is 3.98. The number of rotatable bonds is 4. The van der Waals surface area contributed by atoms with E-state index in [9.17, 15) is 0 Å². The van der Waals surface area contributed by atoms with Crippen LogP contribution in [-0.4, -0.2) is 13.1 Å². The molecule has 2 nitrogen and oxygen atoms in total. The molecule has 0 N–H and O–H groups in total. The highest BCUT2D eigenvalue weighted by molar-refractivity contribution is 5.63. The number of hydrogen-bond acceptors (Lipinski definition) is 1. The van der Waals surface area contributed by atoms with Crippen molar-refractivity contribution in [2.75, 3.05) is 0 Å². The third kappa shape index (κ3) is 5.52. The maximum Gasteiger partial charge on any atom is 0.114 e. The molecule has 0 unspecified atom stereocenters. The average molecular weight is 152 g/mol. The maximum absolute atomic E-state index is 4.11. The monoisotopic (exact) mass is 152 g/mol. The molecule has 0 spiro atoms. The summed E-state index contributed by atoms with van der Waals surface area (Å²) in [7, 11) is 0. The van der Waals surface area contributed by atoms with Crippen molar-refractivity contribution in [1.29, 1.82) is 0 Å². The van der Waals surface area contributed by atoms with Crippen molar-refractivity contribution in [3.05, 3.63) is 11.8 Å². The molecule has 0 bridgehead atoms. The van der Waals surface area contributed by atoms with Crippen LogP contribution in [0.25, 0.3) is 0 Å². The molecule has 0 amide bonds. The van der Waals surface area contributed by atoms with Gasteiger partial charge in [0.2, 0.25) is 0 Å². The molecule has 0 saturated carbocycles. The Morgan fingerprint density at radius 1 is 1.55 bits per heavy atom. The summed E-state index contributed by atoms with van der Waals surface area (Å²) >= 11 is 0. The molecule has 0 saturated heterocycles. The predicted molar refractivity (Wildman–Crippen MR) is 51.3 cm³/mol. The smallest absolute Gasteiger partial charge is 0.114 e. The molecule has 0 radical (unpaired) electrons. The van der Waals surface area contributed by atoms with E-state index in [2.05, 4.69) is 30.5 Å². The molecule has 0 aromatic carbocycles. The lowest BCUT2D eigenvalue weighted by Gasteiger charge is -2.02. The van der Waals surface area contributed by atoms with Gasteiger partial charge >= 0.3 is 0 Å². The topological polar surface area (TPSA) is 24.7 Å². The highest BCUT2D eigenvalue weighted by atomic mass is 14.8. The van der Waals surface area contributed by atoms with Crippen LogP contribution in [0.4, 0.5) is 0 Å². The van der Waals surface area contributed by atoms with Crippen molar-refractivity contribution >= 4 is 13.1 Å². The van der Waals surface area contributed by atoms with Crippen LogP contribution in [-0.2, 0) is 0 Å². The zero-order chi connectivity index (χ0) is 8.69. The quantitative estimate of drug-likeness (QED) is 0.437. The van der Waals surface area contributed by atoms with Crippen LogP contribution in [0.5, 0.6) is 0 Å². The minimum absolute atomic E-state index is 0.642. The van der Waals surface area contributed by atoms with Crippen LogP contribution >= 0.6 is 0 Å². The molecule has 0 aromatic heterocycles. The molecular weight excluding hydrogens is 136 g/mol. The molecule has 0 aliphatic rings. The zero-order valence-electron chi connectivity index (χ0n) is 7.54. The van der Waals surface area contributed by atoms with Crippen LogP contribution in [0.2, 0.25) is 0 Å². The highest BCUT2D eigenvalue weighted by Gasteiger charge is 1.96. The molecule has 2 heteroatoms. The minimum Gasteiger partial charge on any atom is -0.253 e. The molecule has 62 valence electrons. The van der Waals surface area contributed by atoms with Crippen molar-refractivity contribution in [3.63, 3.8) is 0 Å². The average Bonchev–Trinajstić information content (AvgIpc) is 1.97. The van der Waals surface area contributed by atoms with E-state index in [1.165, 1.54) is 6.34 Å². The van der Waals surface area contributed by atoms with E-state index < -0.39 is 0 Å². The lowest BCUT2D eigenvalue weighted by molar-refractivity contribution is 0.638. The SMILES string of the molecule is C=NC=N/C(=C\C)CC(C)C. The van der Waals surface area contributed by atoms with Gasteiger partial charge < -0.3 is 0 Å². The molecule has 0 fully saturated rings. The largest absolute Gasteiger partial charge is 0.253 e. The second kappa shape index (κ2) is 5.83. The number of nitrogens with zero attached hydrogens (tertiary/aromatic N) is 2. The molecule has 0 aromatic rings. The Morgan fingerprint density at radius 2 is 2.18 bits per heavy atom. The summed E-state index contributed by atoms with van der Waals surface area (Å²) in [6.45, 7) is 9.64. The van der Waals surface area contributed by atoms with E-state index in [0.29, 0.717) is 5.92 Å². The van der Waals surface area contributed by atoms with Gasteiger partial charge in [-0.15, -0.1) is 0 Å². The first-order chi connectivity index (χ1) is 5.20. The fraction of sp³-hybridized carbons (Fsp3) is 0.556. The van der Waals surface area contributed by atoms with Crippen molar-refractivity contribution in [1.82, 2.24) is 0 Å². The summed E-state index contributed by atoms with van der Waals surface area (Å²) in [5.74, 6) is 0.642. The van der Waals surface area contributed by atoms with E-state index in [0.717, 1.165) is 12.1 Å². The van der Waals surface area contributed by atoms with Gasteiger partial charge in [-0.25, -0.2) is 4.99 Å². The predicted octanol–water partition coefficient (Wildman–Crippen LogP) is 2.67. The van der Waals surface area contributed by atoms with E-state index >= 15 is 0 Å². The summed E-state index contributed by atoms with van der Waals surface area (Å²) < 4.78 is 0. The summed E-state index contributed by atoms with van der Waals surface area (Å²) in [6.07, 6.45) is 4.49. The zero-order valence-corrected chi connectivity index (χ0v) is 7.54. The lowest BCUT2D eigenvalue weighted by atomic mass is 10.1. The molecule has 0 heterocycles. The van der Waals surface area contributed by atoms with Gasteiger partial charge in [0.15, 0.2) is 0 Å². The second-order valence-corrected chi connectivity index (χ2v) is 2.81. The summed E-state index contributed by atoms with van der Waals surface area (Å²) in [6, 6.07) is 0. The van der Waals surface area contributed by atoms with Crippen molar-refractivity contribution < 1.29 is 0 Å². The third-order valence-corrected chi connectivity index (χ3v) is 1.26. The Hall–Kier alpha value is -0.920. The van der Waals surface area contributed by atoms with Crippen molar-refractivity contribution in [2.24, 2.45) is 15.9 Å². The van der Waals surface area contributed by atoms with Crippen molar-refractivity contribution in [3.8, 4) is 0 Å². The Bertz CT molecular complexity index is 166. The highest BCUT2D eigenvalue weighted by Crippen LogP contribution is 2.10. The van der Waals surface area contributed by atoms with E-state index in [1.54, 1.807) is 0 Å². The summed E-state index contributed by atoms with van der Waals surface area (Å²) in [4.78, 5) is 7.66. The van der Waals surface area contributed by atoms with Crippen LogP contribution in [0, 0.1) is 5.92 Å². The first-order valence-corrected chi connectivity index (χ1v) is 3.84. The lowest BCUT2D eigenvalue weighted by Crippen LogP contribution is -1.88. The fourth-order valence-electron chi connectivity index (χ4n) is 0.778. The van der Waals surface area contributed by atoms with Gasteiger partial charge in [0.1, 0.15) is 6.34 Å². The number of hydrogen-bond donors (Lipinski definition) is 0. The fourth-order valence-corrected chi connectivity index (χ4v) is 0.778. The van der Waals surface area contributed by atoms with Gasteiger partial charge in [-0.05, 0) is 26.0 Å². The Morgan fingerprint density at radius 3 is 2.55 bits per heavy atom. The summed E-state index contributed by atoms with van der Waals surface area (Å²) in [5, 5.41) is 0. The number of allylic oxidation sites excluding steroid dienone is 2. The minimum atomic E-state index is 0.642. The third-order valence-electron chi connectivity index (χ3n) is 1.26. The molecule has 0 aliphatic heterocycles.